The van der Waals surface area contributed by atoms with Gasteiger partial charge in [0.25, 0.3) is 0 Å². The van der Waals surface area contributed by atoms with Crippen LogP contribution in [0.2, 0.25) is 0 Å². The van der Waals surface area contributed by atoms with Crippen LogP contribution in [0.5, 0.6) is 11.5 Å². The summed E-state index contributed by atoms with van der Waals surface area (Å²) in [5.41, 5.74) is 5.86. The third-order valence-electron chi connectivity index (χ3n) is 3.86. The number of benzene rings is 1. The molecule has 2 rings (SSSR count). The molecule has 1 aromatic carbocycles. The van der Waals surface area contributed by atoms with Gasteiger partial charge >= 0.3 is 0 Å². The molecule has 22 heavy (non-hydrogen) atoms. The highest BCUT2D eigenvalue weighted by molar-refractivity contribution is 5.85. The highest BCUT2D eigenvalue weighted by Gasteiger charge is 2.22. The zero-order valence-corrected chi connectivity index (χ0v) is 13.6. The lowest BCUT2D eigenvalue weighted by Crippen LogP contribution is -2.48. The van der Waals surface area contributed by atoms with Crippen molar-refractivity contribution in [2.75, 3.05) is 7.11 Å². The normalized spacial score (nSPS) is 15.6. The van der Waals surface area contributed by atoms with Crippen molar-refractivity contribution in [2.24, 2.45) is 5.73 Å². The van der Waals surface area contributed by atoms with Gasteiger partial charge in [-0.2, -0.15) is 0 Å². The van der Waals surface area contributed by atoms with E-state index >= 15 is 0 Å². The van der Waals surface area contributed by atoms with Crippen molar-refractivity contribution in [3.05, 3.63) is 23.8 Å². The summed E-state index contributed by atoms with van der Waals surface area (Å²) >= 11 is 0. The Balaban J connectivity index is 2.04. The van der Waals surface area contributed by atoms with Gasteiger partial charge in [0.2, 0.25) is 5.91 Å². The second-order valence-electron chi connectivity index (χ2n) is 6.41. The van der Waals surface area contributed by atoms with E-state index in [4.69, 9.17) is 15.2 Å². The van der Waals surface area contributed by atoms with E-state index in [0.717, 1.165) is 29.9 Å². The third kappa shape index (κ3) is 4.37. The van der Waals surface area contributed by atoms with Crippen molar-refractivity contribution in [3.63, 3.8) is 0 Å². The van der Waals surface area contributed by atoms with E-state index in [2.05, 4.69) is 5.32 Å². The first-order valence-corrected chi connectivity index (χ1v) is 7.81. The summed E-state index contributed by atoms with van der Waals surface area (Å²) in [4.78, 5) is 11.8. The fraction of sp³-hybridized carbons (Fsp3) is 0.588. The number of nitrogens with two attached hydrogens (primary N) is 1. The smallest absolute Gasteiger partial charge is 0.239 e. The van der Waals surface area contributed by atoms with E-state index in [1.165, 1.54) is 12.8 Å². The summed E-state index contributed by atoms with van der Waals surface area (Å²) in [6.07, 6.45) is 4.88. The van der Waals surface area contributed by atoms with Gasteiger partial charge in [-0.1, -0.05) is 6.07 Å². The van der Waals surface area contributed by atoms with E-state index in [1.54, 1.807) is 21.0 Å². The second-order valence-corrected chi connectivity index (χ2v) is 6.41. The Bertz CT molecular complexity index is 517. The van der Waals surface area contributed by atoms with Gasteiger partial charge in [0.1, 0.15) is 0 Å². The SMILES string of the molecule is COc1ccc(CNC(=O)C(C)(C)N)cc1OC1CCCC1. The number of hydrogen-bond donors (Lipinski definition) is 2. The Morgan fingerprint density at radius 1 is 1.32 bits per heavy atom. The molecule has 0 bridgehead atoms. The molecule has 5 heteroatoms. The molecule has 1 aromatic rings. The summed E-state index contributed by atoms with van der Waals surface area (Å²) in [6.45, 7) is 3.79. The van der Waals surface area contributed by atoms with Gasteiger partial charge in [-0.3, -0.25) is 4.79 Å². The molecule has 0 aliphatic heterocycles. The Labute approximate surface area is 132 Å². The molecule has 5 nitrogen and oxygen atoms in total. The van der Waals surface area contributed by atoms with Gasteiger partial charge in [0, 0.05) is 6.54 Å². The van der Waals surface area contributed by atoms with E-state index in [-0.39, 0.29) is 12.0 Å². The first-order valence-electron chi connectivity index (χ1n) is 7.81. The number of hydrogen-bond acceptors (Lipinski definition) is 4. The molecule has 0 heterocycles. The van der Waals surface area contributed by atoms with Crippen molar-refractivity contribution < 1.29 is 14.3 Å². The average Bonchev–Trinajstić information content (AvgIpc) is 2.97. The maximum Gasteiger partial charge on any atom is 0.239 e. The number of methoxy groups -OCH3 is 1. The van der Waals surface area contributed by atoms with Crippen LogP contribution in [0.4, 0.5) is 0 Å². The van der Waals surface area contributed by atoms with Crippen LogP contribution in [0.25, 0.3) is 0 Å². The topological polar surface area (TPSA) is 73.6 Å². The van der Waals surface area contributed by atoms with E-state index in [0.29, 0.717) is 6.54 Å². The van der Waals surface area contributed by atoms with Gasteiger partial charge < -0.3 is 20.5 Å². The van der Waals surface area contributed by atoms with Crippen LogP contribution in [-0.2, 0) is 11.3 Å². The zero-order valence-electron chi connectivity index (χ0n) is 13.6. The predicted octanol–water partition coefficient (Wildman–Crippen LogP) is 2.37. The van der Waals surface area contributed by atoms with Gasteiger partial charge in [-0.05, 0) is 57.2 Å². The lowest BCUT2D eigenvalue weighted by molar-refractivity contribution is -0.125. The van der Waals surface area contributed by atoms with Crippen molar-refractivity contribution in [1.29, 1.82) is 0 Å². The number of ether oxygens (including phenoxy) is 2. The summed E-state index contributed by atoms with van der Waals surface area (Å²) < 4.78 is 11.4. The molecule has 0 saturated heterocycles. The minimum atomic E-state index is -0.879. The number of carbonyl (C=O) groups is 1. The summed E-state index contributed by atoms with van der Waals surface area (Å²) in [5, 5.41) is 2.84. The molecule has 1 aliphatic carbocycles. The van der Waals surface area contributed by atoms with Crippen molar-refractivity contribution in [3.8, 4) is 11.5 Å². The summed E-state index contributed by atoms with van der Waals surface area (Å²) in [7, 11) is 1.63. The fourth-order valence-electron chi connectivity index (χ4n) is 2.52. The fourth-order valence-corrected chi connectivity index (χ4v) is 2.52. The maximum atomic E-state index is 11.8. The number of carbonyl (C=O) groups excluding carboxylic acids is 1. The van der Waals surface area contributed by atoms with Crippen LogP contribution in [0, 0.1) is 0 Å². The first kappa shape index (κ1) is 16.6. The number of rotatable bonds is 6. The maximum absolute atomic E-state index is 11.8. The predicted molar refractivity (Wildman–Crippen MR) is 86.0 cm³/mol. The van der Waals surface area contributed by atoms with Crippen molar-refractivity contribution >= 4 is 5.91 Å². The van der Waals surface area contributed by atoms with Crippen LogP contribution < -0.4 is 20.5 Å². The highest BCUT2D eigenvalue weighted by Crippen LogP contribution is 2.32. The molecule has 1 amide bonds. The van der Waals surface area contributed by atoms with Crippen molar-refractivity contribution in [2.45, 2.75) is 57.7 Å². The molecule has 1 saturated carbocycles. The highest BCUT2D eigenvalue weighted by atomic mass is 16.5. The molecular weight excluding hydrogens is 280 g/mol. The average molecular weight is 306 g/mol. The van der Waals surface area contributed by atoms with Crippen molar-refractivity contribution in [1.82, 2.24) is 5.32 Å². The Morgan fingerprint density at radius 2 is 2.00 bits per heavy atom. The third-order valence-corrected chi connectivity index (χ3v) is 3.86. The van der Waals surface area contributed by atoms with Gasteiger partial charge in [-0.15, -0.1) is 0 Å². The molecule has 0 radical (unpaired) electrons. The van der Waals surface area contributed by atoms with E-state index in [1.807, 2.05) is 18.2 Å². The zero-order chi connectivity index (χ0) is 16.2. The lowest BCUT2D eigenvalue weighted by atomic mass is 10.1. The van der Waals surface area contributed by atoms with Crippen LogP contribution in [0.1, 0.15) is 45.1 Å². The molecular formula is C17H26N2O3. The number of nitrogens with one attached hydrogen (secondary N) is 1. The van der Waals surface area contributed by atoms with Gasteiger partial charge in [0.15, 0.2) is 11.5 Å². The summed E-state index contributed by atoms with van der Waals surface area (Å²) in [5.74, 6) is 1.29. The van der Waals surface area contributed by atoms with Gasteiger partial charge in [0.05, 0.1) is 18.8 Å². The molecule has 0 unspecified atom stereocenters. The number of amides is 1. The van der Waals surface area contributed by atoms with E-state index in [9.17, 15) is 4.79 Å². The molecule has 0 aromatic heterocycles. The van der Waals surface area contributed by atoms with Gasteiger partial charge in [-0.25, -0.2) is 0 Å². The first-order chi connectivity index (χ1) is 10.4. The monoisotopic (exact) mass is 306 g/mol. The van der Waals surface area contributed by atoms with Crippen LogP contribution >= 0.6 is 0 Å². The van der Waals surface area contributed by atoms with Crippen LogP contribution in [0.3, 0.4) is 0 Å². The largest absolute Gasteiger partial charge is 0.493 e. The molecule has 0 atom stereocenters. The summed E-state index contributed by atoms with van der Waals surface area (Å²) in [6, 6.07) is 5.73. The minimum absolute atomic E-state index is 0.179. The van der Waals surface area contributed by atoms with E-state index < -0.39 is 5.54 Å². The quantitative estimate of drug-likeness (QED) is 0.846. The Hall–Kier alpha value is -1.75. The Kier molecular flexibility index (Phi) is 5.29. The molecule has 1 fully saturated rings. The minimum Gasteiger partial charge on any atom is -0.493 e. The molecule has 0 spiro atoms. The molecule has 3 N–H and O–H groups in total. The van der Waals surface area contributed by atoms with Crippen LogP contribution in [-0.4, -0.2) is 24.7 Å². The molecule has 122 valence electrons. The molecule has 1 aliphatic rings. The van der Waals surface area contributed by atoms with Crippen LogP contribution in [0.15, 0.2) is 18.2 Å². The lowest BCUT2D eigenvalue weighted by Gasteiger charge is -2.19. The Morgan fingerprint density at radius 3 is 2.59 bits per heavy atom. The standard InChI is InChI=1S/C17H26N2O3/c1-17(2,18)16(20)19-11-12-8-9-14(21-3)15(10-12)22-13-6-4-5-7-13/h8-10,13H,4-7,11,18H2,1-3H3,(H,19,20). The second kappa shape index (κ2) is 7.01.